The molecule has 0 aromatic carbocycles. The molecule has 11 atom stereocenters. The Labute approximate surface area is 260 Å². The van der Waals surface area contributed by atoms with Crippen molar-refractivity contribution in [3.8, 4) is 0 Å². The van der Waals surface area contributed by atoms with Gasteiger partial charge in [-0.1, -0.05) is 12.2 Å². The van der Waals surface area contributed by atoms with Gasteiger partial charge in [-0.2, -0.15) is 4.99 Å². The molecule has 0 aliphatic carbocycles. The number of guanidine groups is 1. The highest BCUT2D eigenvalue weighted by atomic mass is 32.7. The lowest BCUT2D eigenvalue weighted by molar-refractivity contribution is -0.119. The van der Waals surface area contributed by atoms with Crippen molar-refractivity contribution in [2.75, 3.05) is 18.9 Å². The first kappa shape index (κ1) is 31.1. The zero-order chi connectivity index (χ0) is 31.8. The minimum absolute atomic E-state index is 0.0378. The Balaban J connectivity index is 1.17. The largest absolute Gasteiger partial charge is 0.386 e. The molecule has 0 radical (unpaired) electrons. The molecular weight excluding hydrogens is 688 g/mol. The van der Waals surface area contributed by atoms with E-state index in [4.69, 9.17) is 50.5 Å². The van der Waals surface area contributed by atoms with Crippen molar-refractivity contribution in [3.05, 3.63) is 12.7 Å². The number of hydrogen-bond acceptors (Lipinski definition) is 16. The minimum Gasteiger partial charge on any atom is -0.382 e. The molecule has 2 aromatic rings. The Bertz CT molecular complexity index is 1740. The number of amides is 1. The molecule has 5 aliphatic heterocycles. The number of amidine groups is 1. The number of ether oxygens (including phenoxy) is 2. The SMILES string of the molecule is N=C1N=C2C(N=CN2[C@@H]2O[C@@H]3COP(O)(=S)O[C@H]4[C@H](F)[C@H](n5cnc6c(N)ncnc65)O[C@@H]4COP(=O)(S)O[C@@H]2[C@H]3F)C(=O)N1. The summed E-state index contributed by atoms with van der Waals surface area (Å²) in [6.07, 6.45) is -9.86. The number of rotatable bonds is 2. The van der Waals surface area contributed by atoms with E-state index in [0.29, 0.717) is 0 Å². The van der Waals surface area contributed by atoms with E-state index in [9.17, 15) is 14.3 Å². The number of thiol groups is 1. The van der Waals surface area contributed by atoms with Crippen LogP contribution in [-0.2, 0) is 48.7 Å². The molecule has 1 amide bonds. The second-order valence-electron chi connectivity index (χ2n) is 10.2. The molecule has 0 saturated carbocycles. The van der Waals surface area contributed by atoms with Crippen LogP contribution in [0, 0.1) is 5.41 Å². The van der Waals surface area contributed by atoms with E-state index in [1.54, 1.807) is 0 Å². The molecule has 3 saturated heterocycles. The summed E-state index contributed by atoms with van der Waals surface area (Å²) in [6.45, 7) is -10.2. The summed E-state index contributed by atoms with van der Waals surface area (Å²) < 4.78 is 79.9. The van der Waals surface area contributed by atoms with Crippen molar-refractivity contribution in [2.24, 2.45) is 9.98 Å². The van der Waals surface area contributed by atoms with Gasteiger partial charge in [0.2, 0.25) is 5.96 Å². The van der Waals surface area contributed by atoms with Crippen LogP contribution in [0.2, 0.25) is 0 Å². The summed E-state index contributed by atoms with van der Waals surface area (Å²) in [4.78, 5) is 44.3. The van der Waals surface area contributed by atoms with E-state index >= 15 is 8.78 Å². The van der Waals surface area contributed by atoms with E-state index in [1.165, 1.54) is 10.9 Å². The van der Waals surface area contributed by atoms with Crippen LogP contribution in [0.15, 0.2) is 22.6 Å². The van der Waals surface area contributed by atoms with Gasteiger partial charge in [-0.3, -0.25) is 43.6 Å². The van der Waals surface area contributed by atoms with Crippen LogP contribution < -0.4 is 11.1 Å². The van der Waals surface area contributed by atoms with Crippen molar-refractivity contribution >= 4 is 78.6 Å². The maximum absolute atomic E-state index is 16.0. The van der Waals surface area contributed by atoms with Gasteiger partial charge >= 0.3 is 13.5 Å². The number of aliphatic imine (C=N–C) groups is 2. The quantitative estimate of drug-likeness (QED) is 0.203. The fourth-order valence-corrected chi connectivity index (χ4v) is 8.22. The summed E-state index contributed by atoms with van der Waals surface area (Å²) in [7, 11) is 0. The molecule has 5 aliphatic rings. The van der Waals surface area contributed by atoms with Crippen molar-refractivity contribution in [1.82, 2.24) is 29.7 Å². The molecule has 19 nitrogen and oxygen atoms in total. The number of alkyl halides is 2. The van der Waals surface area contributed by atoms with Crippen molar-refractivity contribution < 1.29 is 50.6 Å². The van der Waals surface area contributed by atoms with Gasteiger partial charge in [-0.25, -0.2) is 28.3 Å². The highest BCUT2D eigenvalue weighted by Crippen LogP contribution is 2.58. The van der Waals surface area contributed by atoms with Gasteiger partial charge in [0.25, 0.3) is 5.91 Å². The fraction of sp³-hybridized carbons (Fsp3) is 0.550. The number of nitrogens with one attached hydrogen (secondary N) is 2. The molecule has 3 fully saturated rings. The van der Waals surface area contributed by atoms with Gasteiger partial charge in [0, 0.05) is 0 Å². The zero-order valence-corrected chi connectivity index (χ0v) is 25.8. The summed E-state index contributed by atoms with van der Waals surface area (Å²) in [5.74, 6) is -1.19. The number of nitrogen functional groups attached to an aromatic ring is 1. The van der Waals surface area contributed by atoms with Gasteiger partial charge in [0.05, 0.1) is 25.9 Å². The van der Waals surface area contributed by atoms with Crippen molar-refractivity contribution in [2.45, 2.75) is 55.3 Å². The molecule has 2 aromatic heterocycles. The topological polar surface area (TPSA) is 243 Å². The number of anilines is 1. The van der Waals surface area contributed by atoms with E-state index in [0.717, 1.165) is 17.6 Å². The Morgan fingerprint density at radius 3 is 2.67 bits per heavy atom. The number of fused-ring (bicyclic) bond motifs is 5. The third kappa shape index (κ3) is 5.58. The van der Waals surface area contributed by atoms with Crippen LogP contribution in [0.4, 0.5) is 14.6 Å². The molecule has 7 heterocycles. The Morgan fingerprint density at radius 1 is 1.11 bits per heavy atom. The van der Waals surface area contributed by atoms with Crippen LogP contribution in [-0.4, -0.2) is 116 Å². The maximum atomic E-state index is 16.0. The predicted octanol–water partition coefficient (Wildman–Crippen LogP) is -0.0455. The highest BCUT2D eigenvalue weighted by Gasteiger charge is 2.56. The molecule has 25 heteroatoms. The van der Waals surface area contributed by atoms with E-state index in [1.807, 2.05) is 0 Å². The van der Waals surface area contributed by atoms with Gasteiger partial charge < -0.3 is 24.6 Å². The number of nitrogens with two attached hydrogens (primary N) is 1. The molecular formula is C20H22F2N10O9P2S2. The summed E-state index contributed by atoms with van der Waals surface area (Å²) in [5, 5.41) is 9.96. The number of hydrogen-bond donors (Lipinski definition) is 5. The standard InChI is InChI=1S/C20H22F2N10O9P2S2/c21-8-6-1-36-42(34,44)40-12-7(39-18(9(12)22)31-4-27-10-14(23)25-3-26-15(10)31)2-37-43(35,45)41-13(8)19(38-6)32-5-28-11-16(32)29-20(24)30-17(11)33/h3-9,11-13,18-19H,1-2H2,(H,34,44)(H,35,45)(H2,23,25,26)(H2,24,30,33)/t6-,7-,8+,9+,11?,12-,13-,18-,19-,42?,43?/m1/s1. The van der Waals surface area contributed by atoms with Crippen LogP contribution in [0.1, 0.15) is 6.23 Å². The first-order valence-corrected chi connectivity index (χ1v) is 18.2. The van der Waals surface area contributed by atoms with Gasteiger partial charge in [-0.05, 0) is 11.8 Å². The Kier molecular flexibility index (Phi) is 7.80. The normalized spacial score (nSPS) is 42.0. The maximum Gasteiger partial charge on any atom is 0.386 e. The Hall–Kier alpha value is -2.56. The number of halogens is 2. The van der Waals surface area contributed by atoms with E-state index in [2.05, 4.69) is 42.5 Å². The minimum atomic E-state index is -4.49. The smallest absolute Gasteiger partial charge is 0.382 e. The lowest BCUT2D eigenvalue weighted by Gasteiger charge is -2.31. The zero-order valence-electron chi connectivity index (χ0n) is 22.3. The lowest BCUT2D eigenvalue weighted by atomic mass is 10.1. The lowest BCUT2D eigenvalue weighted by Crippen LogP contribution is -2.53. The van der Waals surface area contributed by atoms with Crippen LogP contribution in [0.25, 0.3) is 11.2 Å². The number of aromatic nitrogens is 4. The van der Waals surface area contributed by atoms with Crippen molar-refractivity contribution in [3.63, 3.8) is 0 Å². The van der Waals surface area contributed by atoms with Crippen LogP contribution in [0.5, 0.6) is 0 Å². The third-order valence-corrected chi connectivity index (χ3v) is 10.5. The number of nitrogens with zero attached hydrogens (tertiary/aromatic N) is 7. The van der Waals surface area contributed by atoms with Crippen LogP contribution in [0.3, 0.4) is 0 Å². The average Bonchev–Trinajstić information content (AvgIpc) is 3.72. The number of imidazole rings is 1. The molecule has 3 unspecified atom stereocenters. The molecule has 5 N–H and O–H groups in total. The summed E-state index contributed by atoms with van der Waals surface area (Å²) in [5.41, 5.74) is 6.14. The Morgan fingerprint density at radius 2 is 1.87 bits per heavy atom. The fourth-order valence-electron chi connectivity index (χ4n) is 5.34. The molecule has 45 heavy (non-hydrogen) atoms. The van der Waals surface area contributed by atoms with Gasteiger partial charge in [0.1, 0.15) is 36.3 Å². The van der Waals surface area contributed by atoms with E-state index < -0.39 is 93.9 Å². The molecule has 7 rings (SSSR count). The summed E-state index contributed by atoms with van der Waals surface area (Å²) in [6, 6.07) is -1.16. The van der Waals surface area contributed by atoms with Crippen molar-refractivity contribution in [1.29, 1.82) is 5.41 Å². The highest BCUT2D eigenvalue weighted by molar-refractivity contribution is 8.44. The van der Waals surface area contributed by atoms with Crippen LogP contribution >= 0.6 is 25.8 Å². The predicted molar refractivity (Wildman–Crippen MR) is 154 cm³/mol. The summed E-state index contributed by atoms with van der Waals surface area (Å²) >= 11 is 9.10. The van der Waals surface area contributed by atoms with Gasteiger partial charge in [-0.15, -0.1) is 0 Å². The third-order valence-electron chi connectivity index (χ3n) is 7.35. The average molecular weight is 711 g/mol. The molecule has 0 spiro atoms. The second kappa shape index (κ2) is 11.3. The monoisotopic (exact) mass is 710 g/mol. The van der Waals surface area contributed by atoms with E-state index in [-0.39, 0.29) is 22.8 Å². The second-order valence-corrected chi connectivity index (χ2v) is 15.8. The first-order valence-electron chi connectivity index (χ1n) is 12.9. The molecule has 2 bridgehead atoms. The molecule has 242 valence electrons. The first-order chi connectivity index (χ1) is 21.3. The number of carbonyl (C=O) groups is 1. The number of carbonyl (C=O) groups excluding carboxylic acids is 1. The van der Waals surface area contributed by atoms with Gasteiger partial charge in [0.15, 0.2) is 48.1 Å².